The van der Waals surface area contributed by atoms with Crippen LogP contribution in [0.3, 0.4) is 0 Å². The van der Waals surface area contributed by atoms with Gasteiger partial charge in [0.2, 0.25) is 5.91 Å². The van der Waals surface area contributed by atoms with Gasteiger partial charge in [-0.25, -0.2) is 4.98 Å². The summed E-state index contributed by atoms with van der Waals surface area (Å²) < 4.78 is 0. The van der Waals surface area contributed by atoms with Crippen molar-refractivity contribution < 1.29 is 14.5 Å². The molecule has 23 heavy (non-hydrogen) atoms. The van der Waals surface area contributed by atoms with Crippen molar-refractivity contribution in [3.63, 3.8) is 0 Å². The summed E-state index contributed by atoms with van der Waals surface area (Å²) in [6.45, 7) is 5.80. The Hall–Kier alpha value is -2.71. The smallest absolute Gasteiger partial charge is 0.288 e. The standard InChI is InChI=1S/C14H19N5O4/c1-9(2)7-17-3-4-18(8-12(17)20)14-11(13(15)21)5-10(6-16-14)19(22)23/h5-6,9H,3-4,7-8H2,1-2H3,(H2,15,21). The number of hydrogen-bond donors (Lipinski definition) is 1. The van der Waals surface area contributed by atoms with E-state index in [4.69, 9.17) is 5.73 Å². The Kier molecular flexibility index (Phi) is 4.77. The number of amides is 2. The van der Waals surface area contributed by atoms with Gasteiger partial charge in [0, 0.05) is 25.7 Å². The molecule has 1 aromatic rings. The number of carbonyl (C=O) groups is 2. The molecule has 0 saturated carbocycles. The number of primary amides is 1. The third kappa shape index (κ3) is 3.74. The van der Waals surface area contributed by atoms with Crippen LogP contribution >= 0.6 is 0 Å². The first-order valence-electron chi connectivity index (χ1n) is 7.26. The number of carbonyl (C=O) groups excluding carboxylic acids is 2. The van der Waals surface area contributed by atoms with Crippen LogP contribution in [0.5, 0.6) is 0 Å². The van der Waals surface area contributed by atoms with Gasteiger partial charge in [0.05, 0.1) is 17.0 Å². The Bertz CT molecular complexity index is 646. The SMILES string of the molecule is CC(C)CN1CCN(c2ncc([N+](=O)[O-])cc2C(N)=O)CC1=O. The van der Waals surface area contributed by atoms with E-state index in [0.29, 0.717) is 25.6 Å². The molecule has 1 aromatic heterocycles. The van der Waals surface area contributed by atoms with Crippen LogP contribution in [0.4, 0.5) is 11.5 Å². The number of pyridine rings is 1. The highest BCUT2D eigenvalue weighted by molar-refractivity contribution is 5.99. The molecule has 1 aliphatic rings. The van der Waals surface area contributed by atoms with E-state index in [0.717, 1.165) is 12.3 Å². The van der Waals surface area contributed by atoms with Crippen LogP contribution in [0.25, 0.3) is 0 Å². The normalized spacial score (nSPS) is 15.2. The summed E-state index contributed by atoms with van der Waals surface area (Å²) in [7, 11) is 0. The van der Waals surface area contributed by atoms with Gasteiger partial charge in [0.25, 0.3) is 11.6 Å². The molecule has 2 amide bonds. The summed E-state index contributed by atoms with van der Waals surface area (Å²) >= 11 is 0. The van der Waals surface area contributed by atoms with Gasteiger partial charge >= 0.3 is 0 Å². The van der Waals surface area contributed by atoms with E-state index in [1.165, 1.54) is 0 Å². The fourth-order valence-electron chi connectivity index (χ4n) is 2.50. The Morgan fingerprint density at radius 3 is 2.70 bits per heavy atom. The van der Waals surface area contributed by atoms with Gasteiger partial charge in [0.15, 0.2) is 0 Å². The summed E-state index contributed by atoms with van der Waals surface area (Å²) in [6, 6.07) is 1.09. The molecule has 0 radical (unpaired) electrons. The lowest BCUT2D eigenvalue weighted by Gasteiger charge is -2.36. The summed E-state index contributed by atoms with van der Waals surface area (Å²) in [6.07, 6.45) is 1.06. The van der Waals surface area contributed by atoms with Crippen molar-refractivity contribution in [1.82, 2.24) is 9.88 Å². The molecular weight excluding hydrogens is 302 g/mol. The summed E-state index contributed by atoms with van der Waals surface area (Å²) in [4.78, 5) is 41.3. The maximum absolute atomic E-state index is 12.2. The third-order valence-electron chi connectivity index (χ3n) is 3.53. The number of nitrogens with zero attached hydrogens (tertiary/aromatic N) is 4. The predicted molar refractivity (Wildman–Crippen MR) is 83.0 cm³/mol. The van der Waals surface area contributed by atoms with Crippen LogP contribution < -0.4 is 10.6 Å². The molecule has 2 N–H and O–H groups in total. The van der Waals surface area contributed by atoms with Crippen molar-refractivity contribution >= 4 is 23.3 Å². The van der Waals surface area contributed by atoms with Gasteiger partial charge in [-0.3, -0.25) is 19.7 Å². The van der Waals surface area contributed by atoms with E-state index < -0.39 is 10.8 Å². The van der Waals surface area contributed by atoms with E-state index in [9.17, 15) is 19.7 Å². The van der Waals surface area contributed by atoms with Gasteiger partial charge in [0.1, 0.15) is 12.0 Å². The molecule has 0 bridgehead atoms. The lowest BCUT2D eigenvalue weighted by molar-refractivity contribution is -0.385. The number of anilines is 1. The minimum atomic E-state index is -0.812. The summed E-state index contributed by atoms with van der Waals surface area (Å²) in [5, 5.41) is 10.8. The quantitative estimate of drug-likeness (QED) is 0.618. The highest BCUT2D eigenvalue weighted by Gasteiger charge is 2.28. The first-order chi connectivity index (χ1) is 10.8. The van der Waals surface area contributed by atoms with Crippen LogP contribution in [-0.2, 0) is 4.79 Å². The molecule has 1 saturated heterocycles. The van der Waals surface area contributed by atoms with E-state index in [-0.39, 0.29) is 29.5 Å². The minimum absolute atomic E-state index is 0.0516. The molecule has 1 fully saturated rings. The number of nitro groups is 1. The zero-order valence-electron chi connectivity index (χ0n) is 13.1. The summed E-state index contributed by atoms with van der Waals surface area (Å²) in [5.74, 6) is -0.307. The Balaban J connectivity index is 2.24. The zero-order chi connectivity index (χ0) is 17.1. The lowest BCUT2D eigenvalue weighted by atomic mass is 10.1. The molecule has 124 valence electrons. The van der Waals surface area contributed by atoms with Crippen molar-refractivity contribution in [2.24, 2.45) is 11.7 Å². The fourth-order valence-corrected chi connectivity index (χ4v) is 2.50. The van der Waals surface area contributed by atoms with Crippen molar-refractivity contribution in [3.05, 3.63) is 27.9 Å². The number of aromatic nitrogens is 1. The molecule has 2 heterocycles. The molecule has 2 rings (SSSR count). The lowest BCUT2D eigenvalue weighted by Crippen LogP contribution is -2.52. The first kappa shape index (κ1) is 16.7. The molecule has 9 heteroatoms. The maximum atomic E-state index is 12.2. The van der Waals surface area contributed by atoms with Crippen molar-refractivity contribution in [3.8, 4) is 0 Å². The first-order valence-corrected chi connectivity index (χ1v) is 7.26. The molecule has 9 nitrogen and oxygen atoms in total. The van der Waals surface area contributed by atoms with Crippen molar-refractivity contribution in [2.75, 3.05) is 31.1 Å². The number of nitrogens with two attached hydrogens (primary N) is 1. The average molecular weight is 321 g/mol. The number of rotatable bonds is 5. The minimum Gasteiger partial charge on any atom is -0.365 e. The monoisotopic (exact) mass is 321 g/mol. The molecular formula is C14H19N5O4. The third-order valence-corrected chi connectivity index (χ3v) is 3.53. The van der Waals surface area contributed by atoms with Crippen LogP contribution in [-0.4, -0.2) is 52.8 Å². The van der Waals surface area contributed by atoms with E-state index in [2.05, 4.69) is 4.98 Å². The molecule has 0 aliphatic carbocycles. The Labute approximate surface area is 133 Å². The van der Waals surface area contributed by atoms with E-state index in [1.807, 2.05) is 13.8 Å². The molecule has 0 spiro atoms. The molecule has 0 aromatic carbocycles. The highest BCUT2D eigenvalue weighted by atomic mass is 16.6. The molecule has 0 atom stereocenters. The van der Waals surface area contributed by atoms with E-state index in [1.54, 1.807) is 9.80 Å². The van der Waals surface area contributed by atoms with Crippen molar-refractivity contribution in [1.29, 1.82) is 0 Å². The second kappa shape index (κ2) is 6.59. The van der Waals surface area contributed by atoms with Crippen LogP contribution in [0.2, 0.25) is 0 Å². The second-order valence-corrected chi connectivity index (χ2v) is 5.84. The number of hydrogen-bond acceptors (Lipinski definition) is 6. The van der Waals surface area contributed by atoms with Crippen LogP contribution in [0.1, 0.15) is 24.2 Å². The maximum Gasteiger partial charge on any atom is 0.288 e. The fraction of sp³-hybridized carbons (Fsp3) is 0.500. The van der Waals surface area contributed by atoms with Gasteiger partial charge in [-0.1, -0.05) is 13.8 Å². The van der Waals surface area contributed by atoms with Gasteiger partial charge in [-0.05, 0) is 5.92 Å². The number of piperazine rings is 1. The average Bonchev–Trinajstić information content (AvgIpc) is 2.48. The summed E-state index contributed by atoms with van der Waals surface area (Å²) in [5.41, 5.74) is 4.93. The largest absolute Gasteiger partial charge is 0.365 e. The molecule has 0 unspecified atom stereocenters. The second-order valence-electron chi connectivity index (χ2n) is 5.84. The van der Waals surface area contributed by atoms with Crippen LogP contribution in [0.15, 0.2) is 12.3 Å². The van der Waals surface area contributed by atoms with Crippen molar-refractivity contribution in [2.45, 2.75) is 13.8 Å². The van der Waals surface area contributed by atoms with Gasteiger partial charge in [-0.15, -0.1) is 0 Å². The Morgan fingerprint density at radius 1 is 1.48 bits per heavy atom. The van der Waals surface area contributed by atoms with Gasteiger partial charge < -0.3 is 15.5 Å². The molecule has 1 aliphatic heterocycles. The van der Waals surface area contributed by atoms with E-state index >= 15 is 0 Å². The zero-order valence-corrected chi connectivity index (χ0v) is 13.1. The van der Waals surface area contributed by atoms with Crippen LogP contribution in [0, 0.1) is 16.0 Å². The predicted octanol–water partition coefficient (Wildman–Crippen LogP) is 0.393. The topological polar surface area (TPSA) is 123 Å². The highest BCUT2D eigenvalue weighted by Crippen LogP contribution is 2.23. The van der Waals surface area contributed by atoms with Gasteiger partial charge in [-0.2, -0.15) is 0 Å². The Morgan fingerprint density at radius 2 is 2.17 bits per heavy atom.